The summed E-state index contributed by atoms with van der Waals surface area (Å²) in [7, 11) is 0. The van der Waals surface area contributed by atoms with Crippen molar-refractivity contribution in [1.82, 2.24) is 10.2 Å². The molecule has 0 saturated carbocycles. The standard InChI is InChI=1S/C24H33N3O6/c1-16(2)27(12-11-26-23(30)33-24(3,4)5)22(29)21-20(19(28)13-18(14-25)32-21)31-15-17-9-7-6-8-10-17/h6-10,13,16H,11-12,14-15,25H2,1-5H3,(H,26,30). The molecular weight excluding hydrogens is 426 g/mol. The average Bonchev–Trinajstić information content (AvgIpc) is 2.74. The van der Waals surface area contributed by atoms with E-state index in [1.165, 1.54) is 11.0 Å². The molecule has 0 bridgehead atoms. The minimum Gasteiger partial charge on any atom is -0.481 e. The Balaban J connectivity index is 2.23. The van der Waals surface area contributed by atoms with Gasteiger partial charge >= 0.3 is 6.09 Å². The number of nitrogens with one attached hydrogen (secondary N) is 1. The zero-order valence-corrected chi connectivity index (χ0v) is 19.8. The molecule has 0 radical (unpaired) electrons. The number of nitrogens with zero attached hydrogens (tertiary/aromatic N) is 1. The summed E-state index contributed by atoms with van der Waals surface area (Å²) in [5.74, 6) is -0.755. The number of alkyl carbamates (subject to hydrolysis) is 1. The van der Waals surface area contributed by atoms with Crippen molar-refractivity contribution >= 4 is 12.0 Å². The lowest BCUT2D eigenvalue weighted by Crippen LogP contribution is -2.43. The Morgan fingerprint density at radius 1 is 1.18 bits per heavy atom. The maximum absolute atomic E-state index is 13.4. The lowest BCUT2D eigenvalue weighted by atomic mass is 10.2. The average molecular weight is 460 g/mol. The molecule has 1 heterocycles. The van der Waals surface area contributed by atoms with Gasteiger partial charge in [-0.3, -0.25) is 9.59 Å². The van der Waals surface area contributed by atoms with E-state index in [0.29, 0.717) is 0 Å². The zero-order chi connectivity index (χ0) is 24.6. The Labute approximate surface area is 193 Å². The second-order valence-electron chi connectivity index (χ2n) is 8.73. The van der Waals surface area contributed by atoms with Gasteiger partial charge in [-0.1, -0.05) is 30.3 Å². The molecule has 1 aromatic carbocycles. The number of benzene rings is 1. The van der Waals surface area contributed by atoms with Crippen LogP contribution in [0.3, 0.4) is 0 Å². The molecule has 180 valence electrons. The van der Waals surface area contributed by atoms with Crippen LogP contribution in [0.5, 0.6) is 5.75 Å². The van der Waals surface area contributed by atoms with Crippen molar-refractivity contribution in [2.45, 2.75) is 59.4 Å². The molecule has 2 aromatic rings. The minimum atomic E-state index is -0.630. The summed E-state index contributed by atoms with van der Waals surface area (Å²) >= 11 is 0. The second kappa shape index (κ2) is 11.5. The molecule has 33 heavy (non-hydrogen) atoms. The maximum atomic E-state index is 13.4. The van der Waals surface area contributed by atoms with E-state index in [1.54, 1.807) is 20.8 Å². The summed E-state index contributed by atoms with van der Waals surface area (Å²) in [5, 5.41) is 2.63. The predicted molar refractivity (Wildman–Crippen MR) is 124 cm³/mol. The number of ether oxygens (including phenoxy) is 2. The first-order valence-corrected chi connectivity index (χ1v) is 10.8. The Kier molecular flexibility index (Phi) is 9.04. The second-order valence-corrected chi connectivity index (χ2v) is 8.73. The molecule has 0 fully saturated rings. The van der Waals surface area contributed by atoms with E-state index < -0.39 is 23.0 Å². The van der Waals surface area contributed by atoms with Crippen molar-refractivity contribution in [3.05, 3.63) is 63.7 Å². The van der Waals surface area contributed by atoms with Gasteiger partial charge in [-0.25, -0.2) is 4.79 Å². The fourth-order valence-corrected chi connectivity index (χ4v) is 2.96. The molecule has 9 nitrogen and oxygen atoms in total. The van der Waals surface area contributed by atoms with Gasteiger partial charge < -0.3 is 29.8 Å². The topological polar surface area (TPSA) is 124 Å². The Morgan fingerprint density at radius 3 is 2.42 bits per heavy atom. The molecule has 9 heteroatoms. The summed E-state index contributed by atoms with van der Waals surface area (Å²) < 4.78 is 16.6. The Hall–Kier alpha value is -3.33. The predicted octanol–water partition coefficient (Wildman–Crippen LogP) is 3.05. The van der Waals surface area contributed by atoms with Crippen molar-refractivity contribution in [3.63, 3.8) is 0 Å². The highest BCUT2D eigenvalue weighted by molar-refractivity contribution is 5.94. The lowest BCUT2D eigenvalue weighted by Gasteiger charge is -2.27. The van der Waals surface area contributed by atoms with E-state index in [2.05, 4.69) is 5.32 Å². The highest BCUT2D eigenvalue weighted by Gasteiger charge is 2.27. The first kappa shape index (κ1) is 25.9. The van der Waals surface area contributed by atoms with Crippen LogP contribution in [0.1, 0.15) is 56.5 Å². The van der Waals surface area contributed by atoms with E-state index in [0.717, 1.165) is 5.56 Å². The van der Waals surface area contributed by atoms with Crippen LogP contribution in [-0.2, 0) is 17.9 Å². The quantitative estimate of drug-likeness (QED) is 0.590. The first-order chi connectivity index (χ1) is 15.5. The largest absolute Gasteiger partial charge is 0.481 e. The van der Waals surface area contributed by atoms with E-state index in [-0.39, 0.29) is 49.6 Å². The summed E-state index contributed by atoms with van der Waals surface area (Å²) in [6.45, 7) is 9.30. The summed E-state index contributed by atoms with van der Waals surface area (Å²) in [5.41, 5.74) is 5.36. The van der Waals surface area contributed by atoms with Gasteiger partial charge in [0, 0.05) is 25.2 Å². The number of amides is 2. The molecule has 0 aliphatic heterocycles. The van der Waals surface area contributed by atoms with Gasteiger partial charge in [0.25, 0.3) is 5.91 Å². The molecule has 0 spiro atoms. The highest BCUT2D eigenvalue weighted by Crippen LogP contribution is 2.20. The molecule has 0 aliphatic rings. The number of nitrogens with two attached hydrogens (primary N) is 1. The molecule has 0 aliphatic carbocycles. The number of rotatable bonds is 9. The van der Waals surface area contributed by atoms with Gasteiger partial charge in [0.05, 0.1) is 6.54 Å². The van der Waals surface area contributed by atoms with Gasteiger partial charge in [0.1, 0.15) is 18.0 Å². The SMILES string of the molecule is CC(C)N(CCNC(=O)OC(C)(C)C)C(=O)c1oc(CN)cc(=O)c1OCc1ccccc1. The van der Waals surface area contributed by atoms with Crippen LogP contribution >= 0.6 is 0 Å². The number of hydrogen-bond acceptors (Lipinski definition) is 7. The van der Waals surface area contributed by atoms with E-state index >= 15 is 0 Å². The fourth-order valence-electron chi connectivity index (χ4n) is 2.96. The lowest BCUT2D eigenvalue weighted by molar-refractivity contribution is 0.0502. The zero-order valence-electron chi connectivity index (χ0n) is 19.8. The molecule has 0 unspecified atom stereocenters. The molecule has 1 aromatic heterocycles. The van der Waals surface area contributed by atoms with E-state index in [4.69, 9.17) is 19.6 Å². The van der Waals surface area contributed by atoms with E-state index in [9.17, 15) is 14.4 Å². The third-order valence-corrected chi connectivity index (χ3v) is 4.48. The van der Waals surface area contributed by atoms with Crippen LogP contribution in [0.25, 0.3) is 0 Å². The van der Waals surface area contributed by atoms with Crippen molar-refractivity contribution in [2.75, 3.05) is 13.1 Å². The highest BCUT2D eigenvalue weighted by atomic mass is 16.6. The molecule has 0 saturated heterocycles. The van der Waals surface area contributed by atoms with E-state index in [1.807, 2.05) is 44.2 Å². The molecule has 2 amide bonds. The van der Waals surface area contributed by atoms with Gasteiger partial charge in [-0.05, 0) is 40.2 Å². The van der Waals surface area contributed by atoms with Gasteiger partial charge in [0.2, 0.25) is 16.9 Å². The van der Waals surface area contributed by atoms with Crippen LogP contribution in [0.15, 0.2) is 45.6 Å². The molecule has 0 atom stereocenters. The van der Waals surface area contributed by atoms with Crippen molar-refractivity contribution < 1.29 is 23.5 Å². The van der Waals surface area contributed by atoms with Crippen LogP contribution in [0.2, 0.25) is 0 Å². The van der Waals surface area contributed by atoms with Crippen molar-refractivity contribution in [1.29, 1.82) is 0 Å². The van der Waals surface area contributed by atoms with Gasteiger partial charge in [-0.15, -0.1) is 0 Å². The monoisotopic (exact) mass is 459 g/mol. The first-order valence-electron chi connectivity index (χ1n) is 10.8. The van der Waals surface area contributed by atoms with Crippen molar-refractivity contribution in [2.24, 2.45) is 5.73 Å². The van der Waals surface area contributed by atoms with Crippen LogP contribution in [0.4, 0.5) is 4.79 Å². The third-order valence-electron chi connectivity index (χ3n) is 4.48. The summed E-state index contributed by atoms with van der Waals surface area (Å²) in [4.78, 5) is 39.5. The maximum Gasteiger partial charge on any atom is 0.407 e. The number of carbonyl (C=O) groups is 2. The molecular formula is C24H33N3O6. The van der Waals surface area contributed by atoms with Crippen LogP contribution < -0.4 is 21.2 Å². The molecule has 2 rings (SSSR count). The van der Waals surface area contributed by atoms with Crippen LogP contribution in [0, 0.1) is 0 Å². The Morgan fingerprint density at radius 2 is 1.85 bits per heavy atom. The summed E-state index contributed by atoms with van der Waals surface area (Å²) in [6, 6.07) is 10.2. The van der Waals surface area contributed by atoms with Crippen molar-refractivity contribution in [3.8, 4) is 5.75 Å². The van der Waals surface area contributed by atoms with Gasteiger partial charge in [-0.2, -0.15) is 0 Å². The number of hydrogen-bond donors (Lipinski definition) is 2. The van der Waals surface area contributed by atoms with Crippen LogP contribution in [-0.4, -0.2) is 41.6 Å². The Bertz CT molecular complexity index is 995. The minimum absolute atomic E-state index is 0.0453. The third kappa shape index (κ3) is 7.94. The van der Waals surface area contributed by atoms with Gasteiger partial charge in [0.15, 0.2) is 0 Å². The normalized spacial score (nSPS) is 11.2. The summed E-state index contributed by atoms with van der Waals surface area (Å²) in [6.07, 6.45) is -0.581. The smallest absolute Gasteiger partial charge is 0.407 e. The fraction of sp³-hybridized carbons (Fsp3) is 0.458. The molecule has 3 N–H and O–H groups in total. The number of carbonyl (C=O) groups excluding carboxylic acids is 2.